The van der Waals surface area contributed by atoms with Crippen LogP contribution in [0.15, 0.2) is 12.1 Å². The fourth-order valence-corrected chi connectivity index (χ4v) is 2.93. The van der Waals surface area contributed by atoms with Crippen molar-refractivity contribution < 1.29 is 19.8 Å². The summed E-state index contributed by atoms with van der Waals surface area (Å²) in [4.78, 5) is 25.4. The van der Waals surface area contributed by atoms with Crippen LogP contribution in [0, 0.1) is 5.92 Å². The summed E-state index contributed by atoms with van der Waals surface area (Å²) in [6, 6.07) is 3.69. The first-order chi connectivity index (χ1) is 10.7. The normalized spacial score (nSPS) is 18.0. The fourth-order valence-electron chi connectivity index (χ4n) is 2.93. The van der Waals surface area contributed by atoms with Gasteiger partial charge in [0.25, 0.3) is 5.91 Å². The molecule has 0 saturated carbocycles. The Morgan fingerprint density at radius 3 is 2.30 bits per heavy atom. The molecule has 5 nitrogen and oxygen atoms in total. The lowest BCUT2D eigenvalue weighted by atomic mass is 9.91. The van der Waals surface area contributed by atoms with Crippen LogP contribution in [0.5, 0.6) is 5.75 Å². The van der Waals surface area contributed by atoms with Crippen LogP contribution in [0.3, 0.4) is 0 Å². The minimum absolute atomic E-state index is 0.0215. The standard InChI is InChI=1S/C18H25NO4/c1-10(2)13-7-14(11(3)4)16(20)15(8-13)17(21)19-6-5-12(9-19)18(22)23/h7-8,10-12,20H,5-6,9H2,1-4H3,(H,22,23). The third-order valence-corrected chi connectivity index (χ3v) is 4.51. The van der Waals surface area contributed by atoms with Crippen LogP contribution in [0.4, 0.5) is 0 Å². The van der Waals surface area contributed by atoms with Gasteiger partial charge in [-0.1, -0.05) is 33.8 Å². The second-order valence-corrected chi connectivity index (χ2v) is 6.89. The highest BCUT2D eigenvalue weighted by Gasteiger charge is 2.33. The molecule has 126 valence electrons. The molecule has 1 fully saturated rings. The smallest absolute Gasteiger partial charge is 0.308 e. The van der Waals surface area contributed by atoms with Gasteiger partial charge in [0.1, 0.15) is 5.75 Å². The predicted molar refractivity (Wildman–Crippen MR) is 87.9 cm³/mol. The second kappa shape index (κ2) is 6.60. The van der Waals surface area contributed by atoms with Crippen LogP contribution in [-0.4, -0.2) is 40.1 Å². The van der Waals surface area contributed by atoms with E-state index in [-0.39, 0.29) is 35.6 Å². The number of carboxylic acid groups (broad SMARTS) is 1. The summed E-state index contributed by atoms with van der Waals surface area (Å²) in [5.74, 6) is -1.30. The third-order valence-electron chi connectivity index (χ3n) is 4.51. The van der Waals surface area contributed by atoms with Crippen molar-refractivity contribution in [3.05, 3.63) is 28.8 Å². The van der Waals surface area contributed by atoms with Gasteiger partial charge >= 0.3 is 5.97 Å². The largest absolute Gasteiger partial charge is 0.507 e. The average Bonchev–Trinajstić information content (AvgIpc) is 2.96. The molecule has 0 radical (unpaired) electrons. The first-order valence-electron chi connectivity index (χ1n) is 8.11. The Morgan fingerprint density at radius 1 is 1.17 bits per heavy atom. The number of carbonyl (C=O) groups is 2. The van der Waals surface area contributed by atoms with E-state index in [9.17, 15) is 14.7 Å². The van der Waals surface area contributed by atoms with Crippen molar-refractivity contribution in [2.24, 2.45) is 5.92 Å². The zero-order valence-electron chi connectivity index (χ0n) is 14.2. The van der Waals surface area contributed by atoms with Crippen molar-refractivity contribution >= 4 is 11.9 Å². The Hall–Kier alpha value is -2.04. The van der Waals surface area contributed by atoms with E-state index in [2.05, 4.69) is 0 Å². The van der Waals surface area contributed by atoms with E-state index >= 15 is 0 Å². The number of hydrogen-bond donors (Lipinski definition) is 2. The molecule has 1 aliphatic rings. The molecule has 23 heavy (non-hydrogen) atoms. The second-order valence-electron chi connectivity index (χ2n) is 6.89. The number of carboxylic acids is 1. The Kier molecular flexibility index (Phi) is 4.97. The molecule has 0 aliphatic carbocycles. The third kappa shape index (κ3) is 3.49. The molecule has 1 aliphatic heterocycles. The number of nitrogens with zero attached hydrogens (tertiary/aromatic N) is 1. The number of amides is 1. The summed E-state index contributed by atoms with van der Waals surface area (Å²) in [6.45, 7) is 8.66. The molecule has 2 rings (SSSR count). The predicted octanol–water partition coefficient (Wildman–Crippen LogP) is 3.19. The lowest BCUT2D eigenvalue weighted by Gasteiger charge is -2.21. The zero-order valence-corrected chi connectivity index (χ0v) is 14.2. The first-order valence-corrected chi connectivity index (χ1v) is 8.11. The molecule has 1 aromatic rings. The van der Waals surface area contributed by atoms with Crippen LogP contribution in [0.25, 0.3) is 0 Å². The Labute approximate surface area is 136 Å². The number of hydrogen-bond acceptors (Lipinski definition) is 3. The molecule has 0 spiro atoms. The zero-order chi connectivity index (χ0) is 17.3. The monoisotopic (exact) mass is 319 g/mol. The maximum Gasteiger partial charge on any atom is 0.308 e. The lowest BCUT2D eigenvalue weighted by molar-refractivity contribution is -0.141. The lowest BCUT2D eigenvalue weighted by Crippen LogP contribution is -2.30. The van der Waals surface area contributed by atoms with Crippen LogP contribution < -0.4 is 0 Å². The van der Waals surface area contributed by atoms with Gasteiger partial charge in [-0.25, -0.2) is 0 Å². The van der Waals surface area contributed by atoms with Crippen LogP contribution in [-0.2, 0) is 4.79 Å². The topological polar surface area (TPSA) is 77.8 Å². The molecule has 1 amide bonds. The fraction of sp³-hybridized carbons (Fsp3) is 0.556. The van der Waals surface area contributed by atoms with Crippen LogP contribution in [0.1, 0.15) is 67.4 Å². The number of phenols is 1. The summed E-state index contributed by atoms with van der Waals surface area (Å²) in [6.07, 6.45) is 0.461. The molecule has 0 aromatic heterocycles. The van der Waals surface area contributed by atoms with Crippen molar-refractivity contribution in [1.29, 1.82) is 0 Å². The molecule has 1 heterocycles. The summed E-state index contributed by atoms with van der Waals surface area (Å²) < 4.78 is 0. The Bertz CT molecular complexity index is 622. The van der Waals surface area contributed by atoms with Crippen molar-refractivity contribution in [2.45, 2.75) is 46.0 Å². The molecular formula is C18H25NO4. The highest BCUT2D eigenvalue weighted by atomic mass is 16.4. The van der Waals surface area contributed by atoms with E-state index in [0.717, 1.165) is 11.1 Å². The molecular weight excluding hydrogens is 294 g/mol. The molecule has 1 unspecified atom stereocenters. The molecule has 1 aromatic carbocycles. The number of aliphatic carboxylic acids is 1. The van der Waals surface area contributed by atoms with Crippen molar-refractivity contribution in [1.82, 2.24) is 4.90 Å². The first kappa shape index (κ1) is 17.3. The molecule has 2 N–H and O–H groups in total. The van der Waals surface area contributed by atoms with Gasteiger partial charge in [0, 0.05) is 13.1 Å². The Morgan fingerprint density at radius 2 is 1.83 bits per heavy atom. The number of rotatable bonds is 4. The maximum absolute atomic E-state index is 12.8. The van der Waals surface area contributed by atoms with E-state index < -0.39 is 11.9 Å². The van der Waals surface area contributed by atoms with E-state index in [1.165, 1.54) is 4.90 Å². The van der Waals surface area contributed by atoms with Gasteiger partial charge < -0.3 is 15.1 Å². The SMILES string of the molecule is CC(C)c1cc(C(=O)N2CCC(C(=O)O)C2)c(O)c(C(C)C)c1. The minimum atomic E-state index is -0.872. The van der Waals surface area contributed by atoms with Crippen LogP contribution >= 0.6 is 0 Å². The molecule has 0 bridgehead atoms. The quantitative estimate of drug-likeness (QED) is 0.893. The van der Waals surface area contributed by atoms with Crippen molar-refractivity contribution in [3.8, 4) is 5.75 Å². The molecule has 5 heteroatoms. The van der Waals surface area contributed by atoms with Gasteiger partial charge in [0.05, 0.1) is 11.5 Å². The summed E-state index contributed by atoms with van der Waals surface area (Å²) in [5, 5.41) is 19.6. The summed E-state index contributed by atoms with van der Waals surface area (Å²) in [7, 11) is 0. The highest BCUT2D eigenvalue weighted by molar-refractivity contribution is 5.98. The Balaban J connectivity index is 2.38. The molecule has 1 atom stereocenters. The van der Waals surface area contributed by atoms with E-state index in [4.69, 9.17) is 5.11 Å². The average molecular weight is 319 g/mol. The van der Waals surface area contributed by atoms with Crippen molar-refractivity contribution in [3.63, 3.8) is 0 Å². The van der Waals surface area contributed by atoms with E-state index in [0.29, 0.717) is 13.0 Å². The van der Waals surface area contributed by atoms with E-state index in [1.807, 2.05) is 33.8 Å². The summed E-state index contributed by atoms with van der Waals surface area (Å²) >= 11 is 0. The van der Waals surface area contributed by atoms with Gasteiger partial charge in [-0.3, -0.25) is 9.59 Å². The molecule has 1 saturated heterocycles. The maximum atomic E-state index is 12.8. The summed E-state index contributed by atoms with van der Waals surface area (Å²) in [5.41, 5.74) is 2.04. The van der Waals surface area contributed by atoms with E-state index in [1.54, 1.807) is 6.07 Å². The number of aromatic hydroxyl groups is 1. The highest BCUT2D eigenvalue weighted by Crippen LogP contribution is 2.34. The van der Waals surface area contributed by atoms with Gasteiger partial charge in [-0.05, 0) is 35.4 Å². The number of phenolic OH excluding ortho intramolecular Hbond substituents is 1. The van der Waals surface area contributed by atoms with Gasteiger partial charge in [-0.2, -0.15) is 0 Å². The van der Waals surface area contributed by atoms with Gasteiger partial charge in [0.2, 0.25) is 0 Å². The number of benzene rings is 1. The van der Waals surface area contributed by atoms with Gasteiger partial charge in [0.15, 0.2) is 0 Å². The number of carbonyl (C=O) groups excluding carboxylic acids is 1. The van der Waals surface area contributed by atoms with Crippen LogP contribution in [0.2, 0.25) is 0 Å². The number of likely N-dealkylation sites (tertiary alicyclic amines) is 1. The van der Waals surface area contributed by atoms with Gasteiger partial charge in [-0.15, -0.1) is 0 Å². The van der Waals surface area contributed by atoms with Crippen molar-refractivity contribution in [2.75, 3.05) is 13.1 Å². The minimum Gasteiger partial charge on any atom is -0.507 e.